The van der Waals surface area contributed by atoms with Crippen LogP contribution in [-0.4, -0.2) is 30.3 Å². The standard InChI is InChI=1S/C21H25NO4/c1-25-20-13-16(21(24)22-17-8-10-18(23)11-9-17)7-12-19(20)26-14-15-5-3-2-4-6-15/h2-7,12-13,17-18,23H,8-11,14H2,1H3,(H,22,24). The van der Waals surface area contributed by atoms with Gasteiger partial charge in [-0.1, -0.05) is 30.3 Å². The molecule has 0 bridgehead atoms. The van der Waals surface area contributed by atoms with Crippen molar-refractivity contribution < 1.29 is 19.4 Å². The number of methoxy groups -OCH3 is 1. The van der Waals surface area contributed by atoms with Crippen LogP contribution in [0.3, 0.4) is 0 Å². The molecule has 0 spiro atoms. The number of aliphatic hydroxyl groups excluding tert-OH is 1. The van der Waals surface area contributed by atoms with Crippen LogP contribution in [0.1, 0.15) is 41.6 Å². The molecule has 0 radical (unpaired) electrons. The third-order valence-electron chi connectivity index (χ3n) is 4.69. The molecule has 0 atom stereocenters. The number of rotatable bonds is 6. The summed E-state index contributed by atoms with van der Waals surface area (Å²) in [6.07, 6.45) is 2.86. The van der Waals surface area contributed by atoms with Gasteiger partial charge in [0.15, 0.2) is 11.5 Å². The molecule has 5 nitrogen and oxygen atoms in total. The molecular formula is C21H25NO4. The Bertz CT molecular complexity index is 724. The number of carbonyl (C=O) groups is 1. The summed E-state index contributed by atoms with van der Waals surface area (Å²) in [6.45, 7) is 0.438. The summed E-state index contributed by atoms with van der Waals surface area (Å²) in [4.78, 5) is 12.5. The maximum absolute atomic E-state index is 12.5. The van der Waals surface area contributed by atoms with E-state index in [1.165, 1.54) is 0 Å². The molecule has 1 saturated carbocycles. The molecule has 1 aliphatic rings. The van der Waals surface area contributed by atoms with Crippen LogP contribution in [0.5, 0.6) is 11.5 Å². The van der Waals surface area contributed by atoms with Crippen molar-refractivity contribution in [3.8, 4) is 11.5 Å². The van der Waals surface area contributed by atoms with Crippen LogP contribution < -0.4 is 14.8 Å². The van der Waals surface area contributed by atoms with Gasteiger partial charge < -0.3 is 19.9 Å². The summed E-state index contributed by atoms with van der Waals surface area (Å²) in [5.41, 5.74) is 1.61. The maximum Gasteiger partial charge on any atom is 0.251 e. The van der Waals surface area contributed by atoms with Gasteiger partial charge in [0, 0.05) is 11.6 Å². The van der Waals surface area contributed by atoms with Gasteiger partial charge in [-0.25, -0.2) is 0 Å². The molecule has 0 aliphatic heterocycles. The first-order chi connectivity index (χ1) is 12.7. The number of hydrogen-bond donors (Lipinski definition) is 2. The van der Waals surface area contributed by atoms with Gasteiger partial charge in [0.25, 0.3) is 5.91 Å². The van der Waals surface area contributed by atoms with Crippen molar-refractivity contribution in [3.05, 3.63) is 59.7 Å². The molecule has 3 rings (SSSR count). The summed E-state index contributed by atoms with van der Waals surface area (Å²) in [6, 6.07) is 15.2. The molecule has 138 valence electrons. The second-order valence-corrected chi connectivity index (χ2v) is 6.62. The quantitative estimate of drug-likeness (QED) is 0.834. The molecule has 26 heavy (non-hydrogen) atoms. The first kappa shape index (κ1) is 18.3. The van der Waals surface area contributed by atoms with Gasteiger partial charge in [0.2, 0.25) is 0 Å². The molecule has 0 saturated heterocycles. The van der Waals surface area contributed by atoms with E-state index in [9.17, 15) is 9.90 Å². The van der Waals surface area contributed by atoms with Crippen LogP contribution in [0.25, 0.3) is 0 Å². The normalized spacial score (nSPS) is 19.6. The smallest absolute Gasteiger partial charge is 0.251 e. The van der Waals surface area contributed by atoms with E-state index in [0.29, 0.717) is 23.7 Å². The van der Waals surface area contributed by atoms with Gasteiger partial charge in [-0.05, 0) is 49.4 Å². The Kier molecular flexibility index (Phi) is 6.12. The lowest BCUT2D eigenvalue weighted by Gasteiger charge is -2.26. The lowest BCUT2D eigenvalue weighted by molar-refractivity contribution is 0.0867. The van der Waals surface area contributed by atoms with E-state index < -0.39 is 0 Å². The summed E-state index contributed by atoms with van der Waals surface area (Å²) in [5, 5.41) is 12.6. The summed E-state index contributed by atoms with van der Waals surface area (Å²) in [7, 11) is 1.56. The fourth-order valence-corrected chi connectivity index (χ4v) is 3.15. The van der Waals surface area contributed by atoms with Crippen LogP contribution in [0.15, 0.2) is 48.5 Å². The van der Waals surface area contributed by atoms with Gasteiger partial charge in [-0.2, -0.15) is 0 Å². The number of ether oxygens (including phenoxy) is 2. The van der Waals surface area contributed by atoms with Crippen LogP contribution in [-0.2, 0) is 6.61 Å². The molecule has 1 amide bonds. The van der Waals surface area contributed by atoms with Crippen molar-refractivity contribution in [2.45, 2.75) is 44.4 Å². The summed E-state index contributed by atoms with van der Waals surface area (Å²) < 4.78 is 11.2. The Morgan fingerprint density at radius 1 is 1.08 bits per heavy atom. The molecule has 2 aromatic carbocycles. The van der Waals surface area contributed by atoms with E-state index in [1.54, 1.807) is 25.3 Å². The van der Waals surface area contributed by atoms with Crippen LogP contribution in [0.2, 0.25) is 0 Å². The molecule has 0 unspecified atom stereocenters. The highest BCUT2D eigenvalue weighted by atomic mass is 16.5. The Morgan fingerprint density at radius 3 is 2.50 bits per heavy atom. The van der Waals surface area contributed by atoms with Crippen molar-refractivity contribution in [2.24, 2.45) is 0 Å². The Balaban J connectivity index is 1.63. The topological polar surface area (TPSA) is 67.8 Å². The average molecular weight is 355 g/mol. The van der Waals surface area contributed by atoms with Gasteiger partial charge >= 0.3 is 0 Å². The van der Waals surface area contributed by atoms with E-state index in [-0.39, 0.29) is 18.1 Å². The summed E-state index contributed by atoms with van der Waals surface area (Å²) in [5.74, 6) is 1.01. The van der Waals surface area contributed by atoms with E-state index in [0.717, 1.165) is 31.2 Å². The van der Waals surface area contributed by atoms with Gasteiger partial charge in [-0.15, -0.1) is 0 Å². The lowest BCUT2D eigenvalue weighted by atomic mass is 9.93. The molecule has 0 aromatic heterocycles. The zero-order valence-corrected chi connectivity index (χ0v) is 15.0. The largest absolute Gasteiger partial charge is 0.493 e. The number of benzene rings is 2. The highest BCUT2D eigenvalue weighted by molar-refractivity contribution is 5.95. The van der Waals surface area contributed by atoms with Crippen LogP contribution in [0, 0.1) is 0 Å². The fourth-order valence-electron chi connectivity index (χ4n) is 3.15. The first-order valence-corrected chi connectivity index (χ1v) is 8.99. The minimum absolute atomic E-state index is 0.117. The number of aliphatic hydroxyl groups is 1. The minimum atomic E-state index is -0.232. The van der Waals surface area contributed by atoms with Crippen LogP contribution >= 0.6 is 0 Å². The SMILES string of the molecule is COc1cc(C(=O)NC2CCC(O)CC2)ccc1OCc1ccccc1. The molecule has 1 fully saturated rings. The lowest BCUT2D eigenvalue weighted by Crippen LogP contribution is -2.38. The predicted molar refractivity (Wildman–Crippen MR) is 99.5 cm³/mol. The average Bonchev–Trinajstić information content (AvgIpc) is 2.68. The second kappa shape index (κ2) is 8.72. The number of amides is 1. The van der Waals surface area contributed by atoms with Gasteiger partial charge in [0.1, 0.15) is 6.61 Å². The number of nitrogens with one attached hydrogen (secondary N) is 1. The number of hydrogen-bond acceptors (Lipinski definition) is 4. The van der Waals surface area contributed by atoms with Crippen molar-refractivity contribution in [1.29, 1.82) is 0 Å². The summed E-state index contributed by atoms with van der Waals surface area (Å²) >= 11 is 0. The number of carbonyl (C=O) groups excluding carboxylic acids is 1. The molecule has 1 aliphatic carbocycles. The molecular weight excluding hydrogens is 330 g/mol. The first-order valence-electron chi connectivity index (χ1n) is 8.99. The molecule has 2 aromatic rings. The van der Waals surface area contributed by atoms with E-state index in [1.807, 2.05) is 30.3 Å². The predicted octanol–water partition coefficient (Wildman–Crippen LogP) is 3.31. The van der Waals surface area contributed by atoms with Crippen molar-refractivity contribution >= 4 is 5.91 Å². The molecule has 5 heteroatoms. The molecule has 2 N–H and O–H groups in total. The third-order valence-corrected chi connectivity index (χ3v) is 4.69. The monoisotopic (exact) mass is 355 g/mol. The van der Waals surface area contributed by atoms with Gasteiger partial charge in [-0.3, -0.25) is 4.79 Å². The zero-order chi connectivity index (χ0) is 18.4. The van der Waals surface area contributed by atoms with E-state index in [2.05, 4.69) is 5.32 Å². The highest BCUT2D eigenvalue weighted by Crippen LogP contribution is 2.29. The van der Waals surface area contributed by atoms with E-state index in [4.69, 9.17) is 9.47 Å². The van der Waals surface area contributed by atoms with Crippen LogP contribution in [0.4, 0.5) is 0 Å². The Morgan fingerprint density at radius 2 is 1.81 bits per heavy atom. The Hall–Kier alpha value is -2.53. The third kappa shape index (κ3) is 4.76. The fraction of sp³-hybridized carbons (Fsp3) is 0.381. The van der Waals surface area contributed by atoms with Crippen molar-refractivity contribution in [2.75, 3.05) is 7.11 Å². The van der Waals surface area contributed by atoms with Crippen molar-refractivity contribution in [3.63, 3.8) is 0 Å². The molecule has 0 heterocycles. The second-order valence-electron chi connectivity index (χ2n) is 6.62. The maximum atomic E-state index is 12.5. The minimum Gasteiger partial charge on any atom is -0.493 e. The highest BCUT2D eigenvalue weighted by Gasteiger charge is 2.21. The van der Waals surface area contributed by atoms with Gasteiger partial charge in [0.05, 0.1) is 13.2 Å². The Labute approximate surface area is 153 Å². The zero-order valence-electron chi connectivity index (χ0n) is 15.0. The van der Waals surface area contributed by atoms with E-state index >= 15 is 0 Å². The van der Waals surface area contributed by atoms with Crippen molar-refractivity contribution in [1.82, 2.24) is 5.32 Å².